The van der Waals surface area contributed by atoms with E-state index in [4.69, 9.17) is 4.74 Å². The van der Waals surface area contributed by atoms with Crippen LogP contribution in [-0.2, 0) is 4.79 Å². The number of benzene rings is 2. The second-order valence-corrected chi connectivity index (χ2v) is 4.91. The van der Waals surface area contributed by atoms with Gasteiger partial charge in [0, 0.05) is 6.92 Å². The first-order valence-electron chi connectivity index (χ1n) is 5.82. The molecule has 2 aromatic rings. The van der Waals surface area contributed by atoms with E-state index in [9.17, 15) is 9.18 Å². The molecule has 0 saturated heterocycles. The molecule has 2 aromatic carbocycles. The number of rotatable bonds is 2. The number of halogens is 1. The van der Waals surface area contributed by atoms with E-state index in [1.54, 1.807) is 31.2 Å². The average molecular weight is 276 g/mol. The van der Waals surface area contributed by atoms with Crippen LogP contribution >= 0.6 is 9.24 Å². The maximum absolute atomic E-state index is 13.7. The zero-order valence-corrected chi connectivity index (χ0v) is 11.9. The molecule has 0 amide bonds. The Morgan fingerprint density at radius 2 is 1.79 bits per heavy atom. The Morgan fingerprint density at radius 3 is 2.32 bits per heavy atom. The van der Waals surface area contributed by atoms with E-state index in [1.165, 1.54) is 13.0 Å². The molecular weight excluding hydrogens is 262 g/mol. The van der Waals surface area contributed by atoms with Gasteiger partial charge in [-0.15, -0.1) is 9.24 Å². The topological polar surface area (TPSA) is 26.3 Å². The Kier molecular flexibility index (Phi) is 3.96. The maximum atomic E-state index is 13.7. The monoisotopic (exact) mass is 276 g/mol. The zero-order chi connectivity index (χ0) is 14.0. The van der Waals surface area contributed by atoms with Gasteiger partial charge in [0.1, 0.15) is 11.6 Å². The summed E-state index contributed by atoms with van der Waals surface area (Å²) in [6, 6.07) is 10.4. The van der Waals surface area contributed by atoms with Crippen LogP contribution in [0, 0.1) is 12.7 Å². The highest BCUT2D eigenvalue weighted by Gasteiger charge is 2.06. The minimum atomic E-state index is -0.360. The molecule has 19 heavy (non-hydrogen) atoms. The largest absolute Gasteiger partial charge is 0.427 e. The van der Waals surface area contributed by atoms with Gasteiger partial charge >= 0.3 is 5.97 Å². The van der Waals surface area contributed by atoms with Crippen molar-refractivity contribution in [2.24, 2.45) is 0 Å². The SMILES string of the molecule is CC(=O)Oc1ccc(-c2cc(F)c(C)c(P)c2)cc1. The van der Waals surface area contributed by atoms with Gasteiger partial charge in [-0.3, -0.25) is 4.79 Å². The minimum absolute atomic E-state index is 0.230. The number of esters is 1. The van der Waals surface area contributed by atoms with Crippen LogP contribution in [-0.4, -0.2) is 5.97 Å². The minimum Gasteiger partial charge on any atom is -0.427 e. The van der Waals surface area contributed by atoms with Crippen molar-refractivity contribution in [3.63, 3.8) is 0 Å². The number of carbonyl (C=O) groups excluding carboxylic acids is 1. The lowest BCUT2D eigenvalue weighted by atomic mass is 10.0. The Balaban J connectivity index is 2.34. The van der Waals surface area contributed by atoms with E-state index < -0.39 is 0 Å². The Hall–Kier alpha value is -1.73. The highest BCUT2D eigenvalue weighted by molar-refractivity contribution is 7.27. The van der Waals surface area contributed by atoms with Crippen molar-refractivity contribution < 1.29 is 13.9 Å². The summed E-state index contributed by atoms with van der Waals surface area (Å²) in [5.74, 6) is -0.108. The predicted octanol–water partition coefficient (Wildman–Crippen LogP) is 3.23. The quantitative estimate of drug-likeness (QED) is 0.478. The van der Waals surface area contributed by atoms with Crippen LogP contribution in [0.1, 0.15) is 12.5 Å². The lowest BCUT2D eigenvalue weighted by Gasteiger charge is -2.08. The van der Waals surface area contributed by atoms with Gasteiger partial charge in [-0.05, 0) is 53.2 Å². The lowest BCUT2D eigenvalue weighted by molar-refractivity contribution is -0.131. The summed E-state index contributed by atoms with van der Waals surface area (Å²) < 4.78 is 18.6. The van der Waals surface area contributed by atoms with E-state index in [2.05, 4.69) is 9.24 Å². The van der Waals surface area contributed by atoms with Crippen molar-refractivity contribution in [2.45, 2.75) is 13.8 Å². The molecule has 0 aliphatic heterocycles. The average Bonchev–Trinajstić information content (AvgIpc) is 2.35. The van der Waals surface area contributed by atoms with Gasteiger partial charge in [0.2, 0.25) is 0 Å². The molecule has 0 fully saturated rings. The summed E-state index contributed by atoms with van der Waals surface area (Å²) in [6.45, 7) is 3.09. The van der Waals surface area contributed by atoms with Gasteiger partial charge in [-0.25, -0.2) is 4.39 Å². The fraction of sp³-hybridized carbons (Fsp3) is 0.133. The van der Waals surface area contributed by atoms with Gasteiger partial charge in [0.05, 0.1) is 0 Å². The maximum Gasteiger partial charge on any atom is 0.308 e. The van der Waals surface area contributed by atoms with E-state index in [0.717, 1.165) is 16.4 Å². The molecular formula is C15H14FO2P. The van der Waals surface area contributed by atoms with Gasteiger partial charge in [-0.1, -0.05) is 12.1 Å². The first-order valence-corrected chi connectivity index (χ1v) is 6.39. The van der Waals surface area contributed by atoms with Crippen LogP contribution in [0.3, 0.4) is 0 Å². The van der Waals surface area contributed by atoms with E-state index in [1.807, 2.05) is 6.07 Å². The third kappa shape index (κ3) is 3.18. The predicted molar refractivity (Wildman–Crippen MR) is 77.2 cm³/mol. The van der Waals surface area contributed by atoms with Crippen molar-refractivity contribution in [3.05, 3.63) is 47.8 Å². The fourth-order valence-corrected chi connectivity index (χ4v) is 2.07. The molecule has 0 bridgehead atoms. The van der Waals surface area contributed by atoms with Crippen molar-refractivity contribution in [1.29, 1.82) is 0 Å². The van der Waals surface area contributed by atoms with Crippen LogP contribution in [0.4, 0.5) is 4.39 Å². The van der Waals surface area contributed by atoms with Crippen LogP contribution < -0.4 is 10.0 Å². The summed E-state index contributed by atoms with van der Waals surface area (Å²) in [5.41, 5.74) is 2.30. The number of ether oxygens (including phenoxy) is 1. The van der Waals surface area contributed by atoms with Gasteiger partial charge in [-0.2, -0.15) is 0 Å². The fourth-order valence-electron chi connectivity index (χ4n) is 1.75. The molecule has 0 N–H and O–H groups in total. The van der Waals surface area contributed by atoms with Crippen molar-refractivity contribution in [3.8, 4) is 16.9 Å². The molecule has 1 unspecified atom stereocenters. The molecule has 0 aliphatic rings. The third-order valence-electron chi connectivity index (χ3n) is 2.83. The summed E-state index contributed by atoms with van der Waals surface area (Å²) in [6.07, 6.45) is 0. The second kappa shape index (κ2) is 5.50. The molecule has 2 nitrogen and oxygen atoms in total. The van der Waals surface area contributed by atoms with Gasteiger partial charge in [0.15, 0.2) is 0 Å². The highest BCUT2D eigenvalue weighted by Crippen LogP contribution is 2.24. The summed E-state index contributed by atoms with van der Waals surface area (Å²) in [5, 5.41) is 0.832. The highest BCUT2D eigenvalue weighted by atomic mass is 31.0. The molecule has 0 saturated carbocycles. The first kappa shape index (κ1) is 13.7. The Labute approximate surface area is 113 Å². The summed E-state index contributed by atoms with van der Waals surface area (Å²) in [7, 11) is 2.53. The third-order valence-corrected chi connectivity index (χ3v) is 3.43. The molecule has 0 heterocycles. The number of carbonyl (C=O) groups is 1. The van der Waals surface area contributed by atoms with Crippen LogP contribution in [0.15, 0.2) is 36.4 Å². The second-order valence-electron chi connectivity index (χ2n) is 4.29. The van der Waals surface area contributed by atoms with E-state index >= 15 is 0 Å². The number of hydrogen-bond acceptors (Lipinski definition) is 2. The number of hydrogen-bond donors (Lipinski definition) is 0. The molecule has 2 rings (SSSR count). The molecule has 0 aliphatic carbocycles. The smallest absolute Gasteiger partial charge is 0.308 e. The Morgan fingerprint density at radius 1 is 1.16 bits per heavy atom. The molecule has 98 valence electrons. The van der Waals surface area contributed by atoms with E-state index in [0.29, 0.717) is 11.3 Å². The van der Waals surface area contributed by atoms with Crippen LogP contribution in [0.25, 0.3) is 11.1 Å². The molecule has 0 radical (unpaired) electrons. The van der Waals surface area contributed by atoms with E-state index in [-0.39, 0.29) is 11.8 Å². The molecule has 1 atom stereocenters. The molecule has 0 spiro atoms. The van der Waals surface area contributed by atoms with Gasteiger partial charge in [0.25, 0.3) is 0 Å². The Bertz CT molecular complexity index is 598. The van der Waals surface area contributed by atoms with Crippen molar-refractivity contribution in [2.75, 3.05) is 0 Å². The normalized spacial score (nSPS) is 10.3. The lowest BCUT2D eigenvalue weighted by Crippen LogP contribution is -2.02. The molecule has 4 heteroatoms. The van der Waals surface area contributed by atoms with Crippen molar-refractivity contribution >= 4 is 20.5 Å². The summed E-state index contributed by atoms with van der Waals surface area (Å²) in [4.78, 5) is 10.8. The van der Waals surface area contributed by atoms with Crippen molar-refractivity contribution in [1.82, 2.24) is 0 Å². The zero-order valence-electron chi connectivity index (χ0n) is 10.7. The van der Waals surface area contributed by atoms with Crippen LogP contribution in [0.2, 0.25) is 0 Å². The first-order chi connectivity index (χ1) is 8.97. The standard InChI is InChI=1S/C15H14FO2P/c1-9-14(16)7-12(8-15(9)19)11-3-5-13(6-4-11)18-10(2)17/h3-8H,19H2,1-2H3. The summed E-state index contributed by atoms with van der Waals surface area (Å²) >= 11 is 0. The van der Waals surface area contributed by atoms with Gasteiger partial charge < -0.3 is 4.74 Å². The molecule has 0 aromatic heterocycles. The van der Waals surface area contributed by atoms with Crippen LogP contribution in [0.5, 0.6) is 5.75 Å².